The second kappa shape index (κ2) is 8.08. The molecule has 1 aromatic heterocycles. The number of rotatable bonds is 5. The highest BCUT2D eigenvalue weighted by molar-refractivity contribution is 7.82. The lowest BCUT2D eigenvalue weighted by molar-refractivity contribution is -0.0477. The molecule has 0 saturated heterocycles. The number of benzene rings is 1. The number of carbonyl (C=O) groups is 1. The minimum absolute atomic E-state index is 0.0628. The molecule has 0 bridgehead atoms. The molecule has 1 heterocycles. The summed E-state index contributed by atoms with van der Waals surface area (Å²) in [6.07, 6.45) is 0.579. The Morgan fingerprint density at radius 1 is 1.36 bits per heavy atom. The summed E-state index contributed by atoms with van der Waals surface area (Å²) in [7, 11) is -1.64. The number of nitrogens with two attached hydrogens (primary N) is 1. The molecule has 6 nitrogen and oxygen atoms in total. The summed E-state index contributed by atoms with van der Waals surface area (Å²) < 4.78 is 39.9. The van der Waals surface area contributed by atoms with Crippen LogP contribution < -0.4 is 10.5 Å². The van der Waals surface area contributed by atoms with Gasteiger partial charge in [-0.15, -0.1) is 0 Å². The van der Waals surface area contributed by atoms with Crippen LogP contribution in [0.25, 0.3) is 0 Å². The van der Waals surface area contributed by atoms with Gasteiger partial charge in [0.15, 0.2) is 0 Å². The van der Waals surface area contributed by atoms with Gasteiger partial charge in [0.05, 0.1) is 10.6 Å². The van der Waals surface area contributed by atoms with Crippen molar-refractivity contribution in [1.82, 2.24) is 9.78 Å². The van der Waals surface area contributed by atoms with Gasteiger partial charge in [0.2, 0.25) is 5.92 Å². The third-order valence-electron chi connectivity index (χ3n) is 5.23. The quantitative estimate of drug-likeness (QED) is 0.790. The smallest absolute Gasteiger partial charge is 0.274 e. The first-order chi connectivity index (χ1) is 13.2. The Bertz CT molecular complexity index is 903. The van der Waals surface area contributed by atoms with Crippen LogP contribution in [-0.2, 0) is 17.5 Å². The molecule has 1 aromatic carbocycles. The molecule has 1 aliphatic rings. The standard InChI is InChI=1S/C19H24F2N4O2S/c1-12-13(2)24-25(11-14-6-8-19(20,21)9-7-14)17(12)18(26)23-15-4-3-5-16(10-15)28(22)27/h3-5,10,14H,6-9,11,22H2,1-2H3,(H,23,26). The Labute approximate surface area is 165 Å². The molecule has 1 saturated carbocycles. The van der Waals surface area contributed by atoms with Crippen LogP contribution in [0.5, 0.6) is 0 Å². The fourth-order valence-corrected chi connectivity index (χ4v) is 3.96. The number of halogens is 2. The van der Waals surface area contributed by atoms with Gasteiger partial charge in [-0.2, -0.15) is 5.10 Å². The number of hydrogen-bond acceptors (Lipinski definition) is 3. The molecule has 28 heavy (non-hydrogen) atoms. The highest BCUT2D eigenvalue weighted by Crippen LogP contribution is 2.37. The minimum Gasteiger partial charge on any atom is -0.321 e. The number of anilines is 1. The van der Waals surface area contributed by atoms with Crippen LogP contribution in [0, 0.1) is 19.8 Å². The summed E-state index contributed by atoms with van der Waals surface area (Å²) in [5.41, 5.74) is 2.36. The molecular weight excluding hydrogens is 386 g/mol. The number of carbonyl (C=O) groups excluding carboxylic acids is 1. The van der Waals surface area contributed by atoms with Gasteiger partial charge in [-0.05, 0) is 50.8 Å². The van der Waals surface area contributed by atoms with E-state index in [0.717, 1.165) is 11.3 Å². The summed E-state index contributed by atoms with van der Waals surface area (Å²) >= 11 is 0. The largest absolute Gasteiger partial charge is 0.321 e. The first-order valence-electron chi connectivity index (χ1n) is 9.16. The van der Waals surface area contributed by atoms with E-state index in [2.05, 4.69) is 10.4 Å². The number of nitrogens with zero attached hydrogens (tertiary/aromatic N) is 2. The molecule has 1 atom stereocenters. The molecule has 2 aromatic rings. The van der Waals surface area contributed by atoms with Crippen molar-refractivity contribution in [2.75, 3.05) is 5.32 Å². The third-order valence-corrected chi connectivity index (χ3v) is 5.95. The van der Waals surface area contributed by atoms with Crippen LogP contribution in [0.15, 0.2) is 29.2 Å². The zero-order valence-corrected chi connectivity index (χ0v) is 16.7. The molecule has 3 N–H and O–H groups in total. The summed E-state index contributed by atoms with van der Waals surface area (Å²) in [5, 5.41) is 12.6. The second-order valence-electron chi connectivity index (χ2n) is 7.32. The van der Waals surface area contributed by atoms with E-state index in [-0.39, 0.29) is 24.7 Å². The molecule has 1 aliphatic carbocycles. The predicted octanol–water partition coefficient (Wildman–Crippen LogP) is 3.56. The Morgan fingerprint density at radius 3 is 2.68 bits per heavy atom. The van der Waals surface area contributed by atoms with E-state index in [1.165, 1.54) is 0 Å². The number of aryl methyl sites for hydroxylation is 1. The van der Waals surface area contributed by atoms with Gasteiger partial charge in [-0.3, -0.25) is 9.48 Å². The van der Waals surface area contributed by atoms with Crippen LogP contribution in [0.4, 0.5) is 14.5 Å². The molecule has 3 rings (SSSR count). The highest BCUT2D eigenvalue weighted by atomic mass is 32.2. The summed E-state index contributed by atoms with van der Waals surface area (Å²) in [6, 6.07) is 6.51. The maximum atomic E-state index is 13.4. The van der Waals surface area contributed by atoms with Crippen molar-refractivity contribution in [1.29, 1.82) is 0 Å². The van der Waals surface area contributed by atoms with Crippen molar-refractivity contribution in [2.24, 2.45) is 11.1 Å². The van der Waals surface area contributed by atoms with Gasteiger partial charge in [0.25, 0.3) is 5.91 Å². The van der Waals surface area contributed by atoms with E-state index in [1.807, 2.05) is 13.8 Å². The van der Waals surface area contributed by atoms with Crippen molar-refractivity contribution in [2.45, 2.75) is 56.9 Å². The van der Waals surface area contributed by atoms with Crippen molar-refractivity contribution >= 4 is 22.6 Å². The molecule has 9 heteroatoms. The first-order valence-corrected chi connectivity index (χ1v) is 10.4. The monoisotopic (exact) mass is 410 g/mol. The van der Waals surface area contributed by atoms with Crippen LogP contribution in [0.1, 0.15) is 47.4 Å². The maximum Gasteiger partial charge on any atom is 0.274 e. The topological polar surface area (TPSA) is 90.0 Å². The van der Waals surface area contributed by atoms with Crippen molar-refractivity contribution in [3.05, 3.63) is 41.2 Å². The zero-order chi connectivity index (χ0) is 20.5. The molecule has 0 spiro atoms. The number of hydrogen-bond donors (Lipinski definition) is 2. The van der Waals surface area contributed by atoms with Gasteiger partial charge in [0.1, 0.15) is 16.7 Å². The molecule has 0 radical (unpaired) electrons. The van der Waals surface area contributed by atoms with E-state index in [1.54, 1.807) is 28.9 Å². The second-order valence-corrected chi connectivity index (χ2v) is 8.39. The average molecular weight is 410 g/mol. The van der Waals surface area contributed by atoms with Gasteiger partial charge < -0.3 is 5.32 Å². The molecule has 152 valence electrons. The van der Waals surface area contributed by atoms with Gasteiger partial charge in [0, 0.05) is 30.6 Å². The fraction of sp³-hybridized carbons (Fsp3) is 0.474. The number of nitrogens with one attached hydrogen (secondary N) is 1. The Hall–Kier alpha value is -2.13. The first kappa shape index (κ1) is 20.6. The lowest BCUT2D eigenvalue weighted by atomic mass is 9.87. The molecule has 1 amide bonds. The van der Waals surface area contributed by atoms with Crippen molar-refractivity contribution in [3.8, 4) is 0 Å². The lowest BCUT2D eigenvalue weighted by Gasteiger charge is -2.28. The van der Waals surface area contributed by atoms with Gasteiger partial charge in [-0.1, -0.05) is 6.07 Å². The molecule has 1 unspecified atom stereocenters. The van der Waals surface area contributed by atoms with Crippen LogP contribution in [-0.4, -0.2) is 25.8 Å². The number of aromatic nitrogens is 2. The Balaban J connectivity index is 1.79. The van der Waals surface area contributed by atoms with Crippen molar-refractivity contribution in [3.63, 3.8) is 0 Å². The summed E-state index contributed by atoms with van der Waals surface area (Å²) in [6.45, 7) is 4.06. The summed E-state index contributed by atoms with van der Waals surface area (Å²) in [4.78, 5) is 13.3. The minimum atomic E-state index is -2.58. The van der Waals surface area contributed by atoms with E-state index in [9.17, 15) is 17.8 Å². The fourth-order valence-electron chi connectivity index (χ4n) is 3.51. The maximum absolute atomic E-state index is 13.4. The van der Waals surface area contributed by atoms with Crippen LogP contribution in [0.3, 0.4) is 0 Å². The molecule has 1 fully saturated rings. The van der Waals surface area contributed by atoms with Gasteiger partial charge >= 0.3 is 0 Å². The number of alkyl halides is 2. The van der Waals surface area contributed by atoms with Gasteiger partial charge in [-0.25, -0.2) is 18.1 Å². The SMILES string of the molecule is Cc1nn(CC2CCC(F)(F)CC2)c(C(=O)Nc2cccc(S(N)=O)c2)c1C. The van der Waals surface area contributed by atoms with E-state index in [0.29, 0.717) is 35.7 Å². The predicted molar refractivity (Wildman–Crippen MR) is 104 cm³/mol. The zero-order valence-electron chi connectivity index (χ0n) is 15.9. The van der Waals surface area contributed by atoms with Crippen LogP contribution in [0.2, 0.25) is 0 Å². The lowest BCUT2D eigenvalue weighted by Crippen LogP contribution is -2.28. The van der Waals surface area contributed by atoms with E-state index >= 15 is 0 Å². The Kier molecular flexibility index (Phi) is 5.95. The normalized spacial score (nSPS) is 18.0. The average Bonchev–Trinajstić information content (AvgIpc) is 2.91. The Morgan fingerprint density at radius 2 is 2.04 bits per heavy atom. The van der Waals surface area contributed by atoms with Crippen molar-refractivity contribution < 1.29 is 17.8 Å². The van der Waals surface area contributed by atoms with Crippen LogP contribution >= 0.6 is 0 Å². The van der Waals surface area contributed by atoms with E-state index in [4.69, 9.17) is 5.14 Å². The number of amides is 1. The molecular formula is C19H24F2N4O2S. The van der Waals surface area contributed by atoms with E-state index < -0.39 is 16.9 Å². The summed E-state index contributed by atoms with van der Waals surface area (Å²) in [5.74, 6) is -2.87. The highest BCUT2D eigenvalue weighted by Gasteiger charge is 2.35. The third kappa shape index (κ3) is 4.64. The molecule has 0 aliphatic heterocycles.